The van der Waals surface area contributed by atoms with Gasteiger partial charge in [-0.3, -0.25) is 0 Å². The third-order valence-corrected chi connectivity index (χ3v) is 6.87. The van der Waals surface area contributed by atoms with Crippen LogP contribution in [0.2, 0.25) is 5.15 Å². The number of methoxy groups -OCH3 is 2. The van der Waals surface area contributed by atoms with Crippen LogP contribution in [0.3, 0.4) is 0 Å². The maximum Gasteiger partial charge on any atom is 0.325 e. The molecule has 0 saturated heterocycles. The van der Waals surface area contributed by atoms with Gasteiger partial charge < -0.3 is 30.2 Å². The van der Waals surface area contributed by atoms with E-state index in [1.165, 1.54) is 17.3 Å². The summed E-state index contributed by atoms with van der Waals surface area (Å²) in [5.74, 6) is 1.86. The molecule has 3 heterocycles. The van der Waals surface area contributed by atoms with E-state index in [-0.39, 0.29) is 6.10 Å². The average molecular weight is 552 g/mol. The van der Waals surface area contributed by atoms with Crippen molar-refractivity contribution in [2.75, 3.05) is 31.5 Å². The van der Waals surface area contributed by atoms with Crippen molar-refractivity contribution in [1.29, 1.82) is 0 Å². The molecular formula is C27H30ClN7O4. The molecule has 1 aromatic carbocycles. The Bertz CT molecular complexity index is 1510. The van der Waals surface area contributed by atoms with E-state index in [9.17, 15) is 4.79 Å². The lowest BCUT2D eigenvalue weighted by Gasteiger charge is -2.25. The van der Waals surface area contributed by atoms with Gasteiger partial charge in [-0.05, 0) is 43.5 Å². The second kappa shape index (κ2) is 11.3. The van der Waals surface area contributed by atoms with Crippen LogP contribution in [-0.4, -0.2) is 52.9 Å². The standard InChI is InChI=1S/C27H30ClN7O4/c1-34(13-16-7-8-20(37-2)11-22(16)38-3)21-12-24(33-26-25(21)30-15-35(26)27(29)36)32-17-9-18(31-23(28)10-17)14-39-19-5-4-6-19/h7-12,15,19H,4-6,13-14H2,1-3H3,(H2,29,36)(H,31,32,33). The molecule has 12 heteroatoms. The molecule has 4 aromatic rings. The summed E-state index contributed by atoms with van der Waals surface area (Å²) in [6, 6.07) is 10.4. The molecule has 1 aliphatic rings. The minimum atomic E-state index is -0.685. The van der Waals surface area contributed by atoms with Gasteiger partial charge in [-0.2, -0.15) is 0 Å². The number of primary amides is 1. The van der Waals surface area contributed by atoms with Crippen LogP contribution in [0.5, 0.6) is 11.5 Å². The Morgan fingerprint density at radius 2 is 2.00 bits per heavy atom. The van der Waals surface area contributed by atoms with Gasteiger partial charge >= 0.3 is 6.03 Å². The fourth-order valence-corrected chi connectivity index (χ4v) is 4.63. The highest BCUT2D eigenvalue weighted by atomic mass is 35.5. The number of hydrogen-bond acceptors (Lipinski definition) is 9. The molecule has 11 nitrogen and oxygen atoms in total. The van der Waals surface area contributed by atoms with Crippen molar-refractivity contribution in [3.05, 3.63) is 59.1 Å². The summed E-state index contributed by atoms with van der Waals surface area (Å²) in [6.07, 6.45) is 4.99. The average Bonchev–Trinajstić information content (AvgIpc) is 3.31. The normalized spacial score (nSPS) is 13.2. The first kappa shape index (κ1) is 26.5. The lowest BCUT2D eigenvalue weighted by Crippen LogP contribution is -2.21. The van der Waals surface area contributed by atoms with Crippen molar-refractivity contribution in [2.24, 2.45) is 5.73 Å². The number of halogens is 1. The molecule has 3 N–H and O–H groups in total. The molecule has 204 valence electrons. The van der Waals surface area contributed by atoms with Crippen LogP contribution in [0.15, 0.2) is 42.7 Å². The maximum absolute atomic E-state index is 12.1. The Morgan fingerprint density at radius 1 is 1.18 bits per heavy atom. The number of hydrogen-bond donors (Lipinski definition) is 2. The minimum absolute atomic E-state index is 0.280. The van der Waals surface area contributed by atoms with Gasteiger partial charge in [0.1, 0.15) is 34.3 Å². The number of benzene rings is 1. The summed E-state index contributed by atoms with van der Waals surface area (Å²) < 4.78 is 18.0. The predicted octanol–water partition coefficient (Wildman–Crippen LogP) is 4.87. The van der Waals surface area contributed by atoms with E-state index in [2.05, 4.69) is 20.3 Å². The largest absolute Gasteiger partial charge is 0.497 e. The third kappa shape index (κ3) is 5.84. The zero-order chi connectivity index (χ0) is 27.5. The van der Waals surface area contributed by atoms with E-state index in [4.69, 9.17) is 31.5 Å². The molecule has 0 unspecified atom stereocenters. The molecule has 1 amide bonds. The Kier molecular flexibility index (Phi) is 7.71. The highest BCUT2D eigenvalue weighted by Crippen LogP contribution is 2.32. The van der Waals surface area contributed by atoms with Crippen molar-refractivity contribution in [3.63, 3.8) is 0 Å². The lowest BCUT2D eigenvalue weighted by molar-refractivity contribution is -0.0101. The van der Waals surface area contributed by atoms with Crippen LogP contribution in [0.1, 0.15) is 30.5 Å². The zero-order valence-electron chi connectivity index (χ0n) is 22.0. The summed E-state index contributed by atoms with van der Waals surface area (Å²) in [6.45, 7) is 0.859. The molecule has 0 atom stereocenters. The molecular weight excluding hydrogens is 522 g/mol. The molecule has 0 aliphatic heterocycles. The SMILES string of the molecule is COc1ccc(CN(C)c2cc(Nc3cc(Cl)nc(COC4CCC4)c3)nc3c2ncn3C(N)=O)c(OC)c1. The quantitative estimate of drug-likeness (QED) is 0.265. The van der Waals surface area contributed by atoms with Gasteiger partial charge in [0, 0.05) is 37.0 Å². The van der Waals surface area contributed by atoms with E-state index >= 15 is 0 Å². The van der Waals surface area contributed by atoms with Crippen molar-refractivity contribution >= 4 is 46.0 Å². The van der Waals surface area contributed by atoms with Gasteiger partial charge in [0.05, 0.1) is 38.3 Å². The number of amides is 1. The number of pyridine rings is 2. The molecule has 5 rings (SSSR count). The number of anilines is 3. The van der Waals surface area contributed by atoms with Crippen molar-refractivity contribution in [3.8, 4) is 11.5 Å². The van der Waals surface area contributed by atoms with Crippen molar-refractivity contribution in [2.45, 2.75) is 38.5 Å². The predicted molar refractivity (Wildman–Crippen MR) is 149 cm³/mol. The number of ether oxygens (including phenoxy) is 3. The smallest absolute Gasteiger partial charge is 0.325 e. The van der Waals surface area contributed by atoms with Crippen LogP contribution in [-0.2, 0) is 17.9 Å². The van der Waals surface area contributed by atoms with E-state index in [1.54, 1.807) is 20.3 Å². The summed E-state index contributed by atoms with van der Waals surface area (Å²) in [5, 5.41) is 3.63. The Hall–Kier alpha value is -4.09. The van der Waals surface area contributed by atoms with Crippen LogP contribution in [0, 0.1) is 0 Å². The van der Waals surface area contributed by atoms with E-state index in [0.29, 0.717) is 58.2 Å². The Balaban J connectivity index is 1.47. The highest BCUT2D eigenvalue weighted by Gasteiger charge is 2.20. The van der Waals surface area contributed by atoms with E-state index in [0.717, 1.165) is 24.1 Å². The molecule has 1 aliphatic carbocycles. The summed E-state index contributed by atoms with van der Waals surface area (Å²) in [5.41, 5.74) is 9.51. The molecule has 0 spiro atoms. The zero-order valence-corrected chi connectivity index (χ0v) is 22.7. The number of imidazole rings is 1. The molecule has 1 fully saturated rings. The summed E-state index contributed by atoms with van der Waals surface area (Å²) in [4.78, 5) is 27.6. The fourth-order valence-electron chi connectivity index (χ4n) is 4.40. The van der Waals surface area contributed by atoms with Gasteiger partial charge in [-0.25, -0.2) is 24.3 Å². The van der Waals surface area contributed by atoms with E-state index in [1.807, 2.05) is 42.3 Å². The molecule has 39 heavy (non-hydrogen) atoms. The molecule has 3 aromatic heterocycles. The Morgan fingerprint density at radius 3 is 2.69 bits per heavy atom. The lowest BCUT2D eigenvalue weighted by atomic mass is 9.96. The van der Waals surface area contributed by atoms with Crippen molar-refractivity contribution < 1.29 is 19.0 Å². The van der Waals surface area contributed by atoms with Gasteiger partial charge in [-0.1, -0.05) is 11.6 Å². The summed E-state index contributed by atoms with van der Waals surface area (Å²) >= 11 is 6.31. The second-order valence-corrected chi connectivity index (χ2v) is 9.73. The number of fused-ring (bicyclic) bond motifs is 1. The number of carbonyl (C=O) groups is 1. The monoisotopic (exact) mass is 551 g/mol. The van der Waals surface area contributed by atoms with Crippen LogP contribution < -0.4 is 25.4 Å². The first-order valence-electron chi connectivity index (χ1n) is 12.5. The van der Waals surface area contributed by atoms with Gasteiger partial charge in [0.2, 0.25) is 0 Å². The fraction of sp³-hybridized carbons (Fsp3) is 0.333. The summed E-state index contributed by atoms with van der Waals surface area (Å²) in [7, 11) is 5.15. The number of nitrogens with zero attached hydrogens (tertiary/aromatic N) is 5. The third-order valence-electron chi connectivity index (χ3n) is 6.67. The minimum Gasteiger partial charge on any atom is -0.497 e. The number of carbonyl (C=O) groups excluding carboxylic acids is 1. The first-order chi connectivity index (χ1) is 18.8. The topological polar surface area (TPSA) is 130 Å². The molecule has 0 radical (unpaired) electrons. The second-order valence-electron chi connectivity index (χ2n) is 9.34. The van der Waals surface area contributed by atoms with Crippen LogP contribution in [0.4, 0.5) is 22.0 Å². The number of aromatic nitrogens is 4. The van der Waals surface area contributed by atoms with Crippen molar-refractivity contribution in [1.82, 2.24) is 19.5 Å². The van der Waals surface area contributed by atoms with Crippen LogP contribution in [0.25, 0.3) is 11.2 Å². The van der Waals surface area contributed by atoms with E-state index < -0.39 is 6.03 Å². The first-order valence-corrected chi connectivity index (χ1v) is 12.9. The highest BCUT2D eigenvalue weighted by molar-refractivity contribution is 6.29. The number of nitrogens with one attached hydrogen (secondary N) is 1. The number of nitrogens with two attached hydrogens (primary N) is 1. The van der Waals surface area contributed by atoms with Crippen LogP contribution >= 0.6 is 11.6 Å². The van der Waals surface area contributed by atoms with Gasteiger partial charge in [-0.15, -0.1) is 0 Å². The van der Waals surface area contributed by atoms with Gasteiger partial charge in [0.25, 0.3) is 0 Å². The number of rotatable bonds is 10. The maximum atomic E-state index is 12.1. The molecule has 0 bridgehead atoms. The molecule has 1 saturated carbocycles. The Labute approximate surface area is 230 Å². The van der Waals surface area contributed by atoms with Gasteiger partial charge in [0.15, 0.2) is 5.65 Å².